The standard InChI is InChI=1S/C16H24ClFN2/c1-4-5-13-10-20(16(9-19-13)11(2)3)15-7-6-12(17)8-14(15)18/h6-8,11,13,16,19H,4-5,9-10H2,1-3H3. The minimum absolute atomic E-state index is 0.222. The van der Waals surface area contributed by atoms with Crippen molar-refractivity contribution in [2.75, 3.05) is 18.0 Å². The van der Waals surface area contributed by atoms with E-state index >= 15 is 0 Å². The molecule has 1 aromatic carbocycles. The molecule has 1 aliphatic heterocycles. The number of hydrogen-bond acceptors (Lipinski definition) is 2. The van der Waals surface area contributed by atoms with E-state index in [1.807, 2.05) is 0 Å². The van der Waals surface area contributed by atoms with Gasteiger partial charge in [0, 0.05) is 30.2 Å². The Bertz CT molecular complexity index is 450. The highest BCUT2D eigenvalue weighted by Gasteiger charge is 2.30. The van der Waals surface area contributed by atoms with E-state index in [1.165, 1.54) is 6.07 Å². The number of piperazine rings is 1. The molecule has 2 atom stereocenters. The van der Waals surface area contributed by atoms with Crippen molar-refractivity contribution in [2.45, 2.75) is 45.7 Å². The number of anilines is 1. The van der Waals surface area contributed by atoms with Crippen molar-refractivity contribution in [2.24, 2.45) is 5.92 Å². The second kappa shape index (κ2) is 6.77. The van der Waals surface area contributed by atoms with Gasteiger partial charge in [0.2, 0.25) is 0 Å². The van der Waals surface area contributed by atoms with Crippen molar-refractivity contribution in [1.82, 2.24) is 5.32 Å². The second-order valence-corrected chi connectivity index (χ2v) is 6.39. The minimum Gasteiger partial charge on any atom is -0.363 e. The Morgan fingerprint density at radius 3 is 2.80 bits per heavy atom. The fraction of sp³-hybridized carbons (Fsp3) is 0.625. The zero-order valence-electron chi connectivity index (χ0n) is 12.5. The van der Waals surface area contributed by atoms with Crippen LogP contribution in [0.2, 0.25) is 5.02 Å². The Morgan fingerprint density at radius 2 is 2.20 bits per heavy atom. The molecule has 0 bridgehead atoms. The van der Waals surface area contributed by atoms with Crippen LogP contribution in [0.4, 0.5) is 10.1 Å². The molecule has 4 heteroatoms. The fourth-order valence-corrected chi connectivity index (χ4v) is 3.12. The minimum atomic E-state index is -0.222. The van der Waals surface area contributed by atoms with Crippen LogP contribution in [-0.4, -0.2) is 25.2 Å². The number of nitrogens with zero attached hydrogens (tertiary/aromatic N) is 1. The van der Waals surface area contributed by atoms with Crippen LogP contribution < -0.4 is 10.2 Å². The van der Waals surface area contributed by atoms with E-state index in [-0.39, 0.29) is 5.82 Å². The Morgan fingerprint density at radius 1 is 1.45 bits per heavy atom. The molecule has 1 heterocycles. The number of rotatable bonds is 4. The van der Waals surface area contributed by atoms with Crippen molar-refractivity contribution in [1.29, 1.82) is 0 Å². The van der Waals surface area contributed by atoms with Gasteiger partial charge in [0.05, 0.1) is 5.69 Å². The van der Waals surface area contributed by atoms with E-state index in [9.17, 15) is 4.39 Å². The molecule has 20 heavy (non-hydrogen) atoms. The molecule has 2 rings (SSSR count). The predicted octanol–water partition coefficient (Wildman–Crippen LogP) is 4.08. The number of nitrogens with one attached hydrogen (secondary N) is 1. The van der Waals surface area contributed by atoms with Crippen LogP contribution in [0.3, 0.4) is 0 Å². The van der Waals surface area contributed by atoms with Crippen molar-refractivity contribution in [3.63, 3.8) is 0 Å². The third-order valence-electron chi connectivity index (χ3n) is 4.06. The highest BCUT2D eigenvalue weighted by atomic mass is 35.5. The van der Waals surface area contributed by atoms with E-state index < -0.39 is 0 Å². The third kappa shape index (κ3) is 3.44. The van der Waals surface area contributed by atoms with Crippen molar-refractivity contribution >= 4 is 17.3 Å². The highest BCUT2D eigenvalue weighted by Crippen LogP contribution is 2.28. The zero-order valence-corrected chi connectivity index (χ0v) is 13.3. The Balaban J connectivity index is 2.26. The van der Waals surface area contributed by atoms with Crippen LogP contribution in [0.25, 0.3) is 0 Å². The molecule has 0 amide bonds. The van der Waals surface area contributed by atoms with Gasteiger partial charge in [-0.15, -0.1) is 0 Å². The maximum atomic E-state index is 14.2. The molecule has 1 fully saturated rings. The maximum Gasteiger partial charge on any atom is 0.147 e. The first-order valence-electron chi connectivity index (χ1n) is 7.48. The summed E-state index contributed by atoms with van der Waals surface area (Å²) < 4.78 is 14.2. The van der Waals surface area contributed by atoms with Crippen molar-refractivity contribution in [3.8, 4) is 0 Å². The second-order valence-electron chi connectivity index (χ2n) is 5.95. The van der Waals surface area contributed by atoms with Gasteiger partial charge in [-0.05, 0) is 30.5 Å². The van der Waals surface area contributed by atoms with E-state index in [1.54, 1.807) is 12.1 Å². The lowest BCUT2D eigenvalue weighted by molar-refractivity contribution is 0.325. The molecule has 1 saturated heterocycles. The van der Waals surface area contributed by atoms with E-state index in [0.29, 0.717) is 28.7 Å². The summed E-state index contributed by atoms with van der Waals surface area (Å²) in [5, 5.41) is 4.04. The van der Waals surface area contributed by atoms with Gasteiger partial charge in [0.15, 0.2) is 0 Å². The molecule has 112 valence electrons. The van der Waals surface area contributed by atoms with Gasteiger partial charge >= 0.3 is 0 Å². The van der Waals surface area contributed by atoms with Gasteiger partial charge in [-0.25, -0.2) is 4.39 Å². The SMILES string of the molecule is CCCC1CN(c2ccc(Cl)cc2F)C(C(C)C)CN1. The van der Waals surface area contributed by atoms with Crippen LogP contribution in [0, 0.1) is 11.7 Å². The predicted molar refractivity (Wildman–Crippen MR) is 84.1 cm³/mol. The van der Waals surface area contributed by atoms with Gasteiger partial charge < -0.3 is 10.2 Å². The Labute approximate surface area is 126 Å². The summed E-state index contributed by atoms with van der Waals surface area (Å²) in [5.74, 6) is 0.250. The van der Waals surface area contributed by atoms with Gasteiger partial charge in [-0.2, -0.15) is 0 Å². The van der Waals surface area contributed by atoms with E-state index in [2.05, 4.69) is 31.0 Å². The first kappa shape index (κ1) is 15.6. The van der Waals surface area contributed by atoms with Gasteiger partial charge in [-0.1, -0.05) is 38.8 Å². The van der Waals surface area contributed by atoms with Crippen LogP contribution in [0.15, 0.2) is 18.2 Å². The molecule has 1 aromatic rings. The Kier molecular flexibility index (Phi) is 5.28. The summed E-state index contributed by atoms with van der Waals surface area (Å²) in [6, 6.07) is 5.74. The molecule has 2 unspecified atom stereocenters. The summed E-state index contributed by atoms with van der Waals surface area (Å²) in [6.45, 7) is 8.32. The highest BCUT2D eigenvalue weighted by molar-refractivity contribution is 6.30. The van der Waals surface area contributed by atoms with Gasteiger partial charge in [-0.3, -0.25) is 0 Å². The molecule has 0 saturated carbocycles. The molecule has 1 N–H and O–H groups in total. The molecule has 0 aliphatic carbocycles. The summed E-state index contributed by atoms with van der Waals surface area (Å²) >= 11 is 5.86. The van der Waals surface area contributed by atoms with Gasteiger partial charge in [0.1, 0.15) is 5.82 Å². The summed E-state index contributed by atoms with van der Waals surface area (Å²) in [7, 11) is 0. The van der Waals surface area contributed by atoms with Crippen molar-refractivity contribution < 1.29 is 4.39 Å². The van der Waals surface area contributed by atoms with Crippen LogP contribution in [0.1, 0.15) is 33.6 Å². The number of halogens is 2. The topological polar surface area (TPSA) is 15.3 Å². The zero-order chi connectivity index (χ0) is 14.7. The summed E-state index contributed by atoms with van der Waals surface area (Å²) in [5.41, 5.74) is 0.677. The first-order valence-corrected chi connectivity index (χ1v) is 7.85. The largest absolute Gasteiger partial charge is 0.363 e. The summed E-state index contributed by atoms with van der Waals surface area (Å²) in [6.07, 6.45) is 2.26. The lowest BCUT2D eigenvalue weighted by Gasteiger charge is -2.44. The van der Waals surface area contributed by atoms with Crippen LogP contribution in [-0.2, 0) is 0 Å². The molecule has 1 aliphatic rings. The molecule has 0 aromatic heterocycles. The third-order valence-corrected chi connectivity index (χ3v) is 4.29. The van der Waals surface area contributed by atoms with Crippen molar-refractivity contribution in [3.05, 3.63) is 29.0 Å². The maximum absolute atomic E-state index is 14.2. The Hall–Kier alpha value is -0.800. The molecule has 2 nitrogen and oxygen atoms in total. The van der Waals surface area contributed by atoms with Gasteiger partial charge in [0.25, 0.3) is 0 Å². The smallest absolute Gasteiger partial charge is 0.147 e. The normalized spacial score (nSPS) is 23.4. The van der Waals surface area contributed by atoms with E-state index in [0.717, 1.165) is 25.9 Å². The van der Waals surface area contributed by atoms with Crippen LogP contribution >= 0.6 is 11.6 Å². The van der Waals surface area contributed by atoms with Crippen LogP contribution in [0.5, 0.6) is 0 Å². The average Bonchev–Trinajstić information content (AvgIpc) is 2.38. The average molecular weight is 299 g/mol. The quantitative estimate of drug-likeness (QED) is 0.901. The first-order chi connectivity index (χ1) is 9.52. The lowest BCUT2D eigenvalue weighted by Crippen LogP contribution is -2.58. The molecule has 0 spiro atoms. The molecular formula is C16H24ClFN2. The lowest BCUT2D eigenvalue weighted by atomic mass is 9.96. The molecular weight excluding hydrogens is 275 g/mol. The number of hydrogen-bond donors (Lipinski definition) is 1. The number of benzene rings is 1. The monoisotopic (exact) mass is 298 g/mol. The summed E-state index contributed by atoms with van der Waals surface area (Å²) in [4.78, 5) is 2.22. The van der Waals surface area contributed by atoms with E-state index in [4.69, 9.17) is 11.6 Å². The fourth-order valence-electron chi connectivity index (χ4n) is 2.96. The molecule has 0 radical (unpaired) electrons.